The molecular formula is C15H26N2O3. The first-order valence-corrected chi connectivity index (χ1v) is 7.74. The maximum Gasteiger partial charge on any atom is 0.329 e. The van der Waals surface area contributed by atoms with E-state index in [2.05, 4.69) is 17.6 Å². The number of amides is 1. The Balaban J connectivity index is 1.98. The number of carboxylic acid groups (broad SMARTS) is 1. The molecule has 2 rings (SSSR count). The van der Waals surface area contributed by atoms with E-state index in [4.69, 9.17) is 0 Å². The minimum Gasteiger partial charge on any atom is -0.480 e. The molecule has 0 aromatic carbocycles. The maximum atomic E-state index is 12.3. The number of carboxylic acids is 1. The van der Waals surface area contributed by atoms with E-state index in [1.807, 2.05) is 6.92 Å². The number of hydrogen-bond acceptors (Lipinski definition) is 3. The van der Waals surface area contributed by atoms with Crippen molar-refractivity contribution in [3.8, 4) is 0 Å². The molecule has 1 heterocycles. The second kappa shape index (κ2) is 6.12. The first kappa shape index (κ1) is 15.3. The van der Waals surface area contributed by atoms with Gasteiger partial charge in [-0.05, 0) is 50.6 Å². The topological polar surface area (TPSA) is 78.4 Å². The molecule has 1 saturated heterocycles. The Bertz CT molecular complexity index is 371. The molecular weight excluding hydrogens is 256 g/mol. The molecule has 5 heteroatoms. The van der Waals surface area contributed by atoms with E-state index in [1.54, 1.807) is 0 Å². The summed E-state index contributed by atoms with van der Waals surface area (Å²) in [5.41, 5.74) is -1.03. The number of carbonyl (C=O) groups excluding carboxylic acids is 1. The molecule has 20 heavy (non-hydrogen) atoms. The monoisotopic (exact) mass is 282 g/mol. The van der Waals surface area contributed by atoms with Gasteiger partial charge in [-0.25, -0.2) is 4.79 Å². The lowest BCUT2D eigenvalue weighted by Crippen LogP contribution is -2.59. The lowest BCUT2D eigenvalue weighted by Gasteiger charge is -2.39. The van der Waals surface area contributed by atoms with Crippen LogP contribution in [-0.2, 0) is 9.59 Å². The second-order valence-corrected chi connectivity index (χ2v) is 6.44. The average Bonchev–Trinajstić information content (AvgIpc) is 2.37. The van der Waals surface area contributed by atoms with Crippen LogP contribution < -0.4 is 10.6 Å². The number of aliphatic carboxylic acids is 1. The van der Waals surface area contributed by atoms with Crippen LogP contribution in [0.3, 0.4) is 0 Å². The zero-order valence-corrected chi connectivity index (χ0v) is 12.4. The molecule has 1 atom stereocenters. The minimum atomic E-state index is -1.03. The number of nitrogens with one attached hydrogen (secondary N) is 2. The van der Waals surface area contributed by atoms with Crippen molar-refractivity contribution >= 4 is 11.9 Å². The summed E-state index contributed by atoms with van der Waals surface area (Å²) in [6.45, 7) is 5.75. The molecule has 114 valence electrons. The van der Waals surface area contributed by atoms with Crippen LogP contribution in [0, 0.1) is 17.8 Å². The fraction of sp³-hybridized carbons (Fsp3) is 0.867. The van der Waals surface area contributed by atoms with Gasteiger partial charge in [-0.2, -0.15) is 0 Å². The number of carbonyl (C=O) groups is 2. The van der Waals surface area contributed by atoms with Gasteiger partial charge in [0.15, 0.2) is 0 Å². The Hall–Kier alpha value is -1.10. The van der Waals surface area contributed by atoms with Gasteiger partial charge in [0, 0.05) is 5.92 Å². The molecule has 1 aliphatic heterocycles. The molecule has 0 spiro atoms. The molecule has 1 amide bonds. The van der Waals surface area contributed by atoms with Gasteiger partial charge < -0.3 is 15.7 Å². The molecule has 0 bridgehead atoms. The van der Waals surface area contributed by atoms with Gasteiger partial charge >= 0.3 is 5.97 Å². The Morgan fingerprint density at radius 3 is 2.35 bits per heavy atom. The highest BCUT2D eigenvalue weighted by Crippen LogP contribution is 2.34. The zero-order chi connectivity index (χ0) is 14.8. The molecule has 1 unspecified atom stereocenters. The van der Waals surface area contributed by atoms with E-state index >= 15 is 0 Å². The van der Waals surface area contributed by atoms with Crippen molar-refractivity contribution in [2.45, 2.75) is 51.5 Å². The molecule has 0 radical (unpaired) electrons. The molecule has 5 nitrogen and oxygen atoms in total. The van der Waals surface area contributed by atoms with Crippen molar-refractivity contribution in [2.75, 3.05) is 13.1 Å². The summed E-state index contributed by atoms with van der Waals surface area (Å²) in [4.78, 5) is 24.0. The van der Waals surface area contributed by atoms with Gasteiger partial charge in [0.2, 0.25) is 5.91 Å². The van der Waals surface area contributed by atoms with Crippen molar-refractivity contribution in [2.24, 2.45) is 17.8 Å². The van der Waals surface area contributed by atoms with E-state index in [9.17, 15) is 14.7 Å². The van der Waals surface area contributed by atoms with Crippen molar-refractivity contribution < 1.29 is 14.7 Å². The van der Waals surface area contributed by atoms with Gasteiger partial charge in [0.05, 0.1) is 0 Å². The lowest BCUT2D eigenvalue weighted by molar-refractivity contribution is -0.150. The van der Waals surface area contributed by atoms with Crippen LogP contribution in [0.5, 0.6) is 0 Å². The maximum absolute atomic E-state index is 12.3. The van der Waals surface area contributed by atoms with E-state index in [0.29, 0.717) is 24.7 Å². The van der Waals surface area contributed by atoms with E-state index in [1.165, 1.54) is 0 Å². The van der Waals surface area contributed by atoms with Crippen molar-refractivity contribution in [1.82, 2.24) is 10.6 Å². The van der Waals surface area contributed by atoms with Crippen LogP contribution in [0.1, 0.15) is 46.0 Å². The molecule has 2 aliphatic rings. The van der Waals surface area contributed by atoms with Gasteiger partial charge in [0.1, 0.15) is 5.54 Å². The highest BCUT2D eigenvalue weighted by atomic mass is 16.4. The Morgan fingerprint density at radius 2 is 1.95 bits per heavy atom. The summed E-state index contributed by atoms with van der Waals surface area (Å²) >= 11 is 0. The first-order valence-electron chi connectivity index (χ1n) is 7.74. The summed E-state index contributed by atoms with van der Waals surface area (Å²) < 4.78 is 0. The van der Waals surface area contributed by atoms with Crippen LogP contribution in [0.25, 0.3) is 0 Å². The van der Waals surface area contributed by atoms with Crippen LogP contribution in [0.2, 0.25) is 0 Å². The van der Waals surface area contributed by atoms with Gasteiger partial charge in [-0.1, -0.05) is 20.3 Å². The van der Waals surface area contributed by atoms with Gasteiger partial charge in [0.25, 0.3) is 0 Å². The summed E-state index contributed by atoms with van der Waals surface area (Å²) in [7, 11) is 0. The third-order valence-electron chi connectivity index (χ3n) is 5.24. The molecule has 0 aromatic heterocycles. The van der Waals surface area contributed by atoms with Gasteiger partial charge in [-0.3, -0.25) is 4.79 Å². The first-order chi connectivity index (χ1) is 9.48. The van der Waals surface area contributed by atoms with E-state index < -0.39 is 11.5 Å². The highest BCUT2D eigenvalue weighted by molar-refractivity contribution is 5.88. The normalized spacial score (nSPS) is 32.2. The summed E-state index contributed by atoms with van der Waals surface area (Å²) in [6, 6.07) is 0. The fourth-order valence-electron chi connectivity index (χ4n) is 3.20. The smallest absolute Gasteiger partial charge is 0.329 e. The standard InChI is InChI=1S/C15H26N2O3/c1-3-11-4-6-15(7-5-11,14(19)20)17-13(18)10(2)12-8-16-9-12/h10-12,16H,3-9H2,1-2H3,(H,17,18)(H,19,20). The minimum absolute atomic E-state index is 0.103. The Morgan fingerprint density at radius 1 is 1.35 bits per heavy atom. The number of rotatable bonds is 5. The second-order valence-electron chi connectivity index (χ2n) is 6.44. The quantitative estimate of drug-likeness (QED) is 0.712. The predicted molar refractivity (Wildman–Crippen MR) is 76.3 cm³/mol. The summed E-state index contributed by atoms with van der Waals surface area (Å²) in [5.74, 6) is -0.148. The fourth-order valence-corrected chi connectivity index (χ4v) is 3.20. The van der Waals surface area contributed by atoms with Crippen molar-refractivity contribution in [3.63, 3.8) is 0 Å². The predicted octanol–water partition coefficient (Wildman–Crippen LogP) is 1.38. The SMILES string of the molecule is CCC1CCC(NC(=O)C(C)C2CNC2)(C(=O)O)CC1. The van der Waals surface area contributed by atoms with Crippen LogP contribution >= 0.6 is 0 Å². The van der Waals surface area contributed by atoms with Crippen LogP contribution in [-0.4, -0.2) is 35.6 Å². The van der Waals surface area contributed by atoms with Crippen LogP contribution in [0.15, 0.2) is 0 Å². The Kier molecular flexibility index (Phi) is 4.68. The average molecular weight is 282 g/mol. The van der Waals surface area contributed by atoms with Crippen LogP contribution in [0.4, 0.5) is 0 Å². The third kappa shape index (κ3) is 2.97. The largest absolute Gasteiger partial charge is 0.480 e. The van der Waals surface area contributed by atoms with Gasteiger partial charge in [-0.15, -0.1) is 0 Å². The lowest BCUT2D eigenvalue weighted by atomic mass is 9.75. The molecule has 2 fully saturated rings. The van der Waals surface area contributed by atoms with Crippen molar-refractivity contribution in [3.05, 3.63) is 0 Å². The molecule has 3 N–H and O–H groups in total. The third-order valence-corrected chi connectivity index (χ3v) is 5.24. The molecule has 1 aliphatic carbocycles. The summed E-state index contributed by atoms with van der Waals surface area (Å²) in [6.07, 6.45) is 3.99. The number of hydrogen-bond donors (Lipinski definition) is 3. The summed E-state index contributed by atoms with van der Waals surface area (Å²) in [5, 5.41) is 15.6. The van der Waals surface area contributed by atoms with E-state index in [0.717, 1.165) is 32.4 Å². The highest BCUT2D eigenvalue weighted by Gasteiger charge is 2.44. The van der Waals surface area contributed by atoms with E-state index in [-0.39, 0.29) is 11.8 Å². The van der Waals surface area contributed by atoms with Crippen molar-refractivity contribution in [1.29, 1.82) is 0 Å². The molecule has 0 aromatic rings. The Labute approximate surface area is 120 Å². The zero-order valence-electron chi connectivity index (χ0n) is 12.4. The molecule has 1 saturated carbocycles.